The molecule has 8 nitrogen and oxygen atoms in total. The number of hydrazine groups is 1. The number of piperidine rings is 1. The molecule has 3 heterocycles. The van der Waals surface area contributed by atoms with Crippen molar-refractivity contribution < 1.29 is 22.8 Å². The fourth-order valence-electron chi connectivity index (χ4n) is 3.10. The Morgan fingerprint density at radius 3 is 2.89 bits per heavy atom. The van der Waals surface area contributed by atoms with Crippen LogP contribution in [0.25, 0.3) is 11.0 Å². The summed E-state index contributed by atoms with van der Waals surface area (Å²) in [6.45, 7) is -0.582. The second kappa shape index (κ2) is 7.43. The minimum atomic E-state index is -4.45. The molecule has 1 aliphatic heterocycles. The van der Waals surface area contributed by atoms with Gasteiger partial charge in [0.2, 0.25) is 5.91 Å². The van der Waals surface area contributed by atoms with Crippen LogP contribution in [0.2, 0.25) is 0 Å². The number of H-pyrrole nitrogens is 1. The van der Waals surface area contributed by atoms with Crippen molar-refractivity contribution in [3.8, 4) is 0 Å². The molecule has 1 unspecified atom stereocenters. The van der Waals surface area contributed by atoms with Gasteiger partial charge in [-0.05, 0) is 18.9 Å². The van der Waals surface area contributed by atoms with E-state index < -0.39 is 30.5 Å². The SMILES string of the molecule is NC(=O)c1cnc2[nH]ccc2c1NN1CCCC(C(=O)NCC(F)(F)F)C1. The molecule has 1 atom stereocenters. The summed E-state index contributed by atoms with van der Waals surface area (Å²) in [5, 5.41) is 4.28. The molecule has 146 valence electrons. The van der Waals surface area contributed by atoms with Crippen LogP contribution in [0.4, 0.5) is 18.9 Å². The zero-order valence-electron chi connectivity index (χ0n) is 14.3. The third-order valence-corrected chi connectivity index (χ3v) is 4.38. The van der Waals surface area contributed by atoms with Gasteiger partial charge < -0.3 is 21.5 Å². The molecule has 2 aromatic rings. The third-order valence-electron chi connectivity index (χ3n) is 4.38. The number of anilines is 1. The number of amides is 2. The van der Waals surface area contributed by atoms with Crippen LogP contribution in [-0.2, 0) is 4.79 Å². The monoisotopic (exact) mass is 384 g/mol. The zero-order valence-corrected chi connectivity index (χ0v) is 14.3. The molecular weight excluding hydrogens is 365 g/mol. The molecule has 0 aromatic carbocycles. The van der Waals surface area contributed by atoms with E-state index in [9.17, 15) is 22.8 Å². The minimum Gasteiger partial charge on any atom is -0.365 e. The highest BCUT2D eigenvalue weighted by molar-refractivity contribution is 6.05. The number of rotatable bonds is 5. The Balaban J connectivity index is 1.73. The summed E-state index contributed by atoms with van der Waals surface area (Å²) < 4.78 is 36.9. The number of nitrogens with zero attached hydrogens (tertiary/aromatic N) is 2. The first-order valence-electron chi connectivity index (χ1n) is 8.36. The molecule has 3 rings (SSSR count). The van der Waals surface area contributed by atoms with E-state index in [1.54, 1.807) is 17.3 Å². The number of primary amides is 1. The summed E-state index contributed by atoms with van der Waals surface area (Å²) in [5.41, 5.74) is 9.69. The van der Waals surface area contributed by atoms with Gasteiger partial charge in [-0.1, -0.05) is 0 Å². The number of hydrogen-bond acceptors (Lipinski definition) is 5. The first kappa shape index (κ1) is 19.0. The molecule has 1 fully saturated rings. The normalized spacial score (nSPS) is 18.4. The molecule has 2 aromatic heterocycles. The van der Waals surface area contributed by atoms with E-state index in [-0.39, 0.29) is 12.1 Å². The van der Waals surface area contributed by atoms with Crippen molar-refractivity contribution in [2.75, 3.05) is 25.1 Å². The maximum Gasteiger partial charge on any atom is 0.405 e. The number of hydrogen-bond donors (Lipinski definition) is 4. The second-order valence-electron chi connectivity index (χ2n) is 6.38. The van der Waals surface area contributed by atoms with Crippen molar-refractivity contribution in [1.82, 2.24) is 20.3 Å². The summed E-state index contributed by atoms with van der Waals surface area (Å²) in [7, 11) is 0. The lowest BCUT2D eigenvalue weighted by molar-refractivity contribution is -0.141. The van der Waals surface area contributed by atoms with Crippen molar-refractivity contribution in [2.24, 2.45) is 11.7 Å². The molecule has 1 saturated heterocycles. The number of pyridine rings is 1. The fourth-order valence-corrected chi connectivity index (χ4v) is 3.10. The Kier molecular flexibility index (Phi) is 5.22. The molecule has 1 aliphatic rings. The summed E-state index contributed by atoms with van der Waals surface area (Å²) in [6.07, 6.45) is -0.335. The lowest BCUT2D eigenvalue weighted by Crippen LogP contribution is -2.47. The van der Waals surface area contributed by atoms with Crippen LogP contribution in [0.1, 0.15) is 23.2 Å². The van der Waals surface area contributed by atoms with Gasteiger partial charge in [0.05, 0.1) is 17.2 Å². The van der Waals surface area contributed by atoms with Gasteiger partial charge in [-0.15, -0.1) is 0 Å². The average Bonchev–Trinajstić information content (AvgIpc) is 3.08. The molecule has 11 heteroatoms. The quantitative estimate of drug-likeness (QED) is 0.622. The number of carbonyl (C=O) groups excluding carboxylic acids is 2. The van der Waals surface area contributed by atoms with Crippen molar-refractivity contribution in [3.63, 3.8) is 0 Å². The van der Waals surface area contributed by atoms with Gasteiger partial charge in [-0.3, -0.25) is 9.59 Å². The Morgan fingerprint density at radius 1 is 1.41 bits per heavy atom. The van der Waals surface area contributed by atoms with E-state index in [4.69, 9.17) is 5.73 Å². The standard InChI is InChI=1S/C16H19F3N6O2/c17-16(18,19)8-23-15(27)9-2-1-5-25(7-9)24-12-10-3-4-21-14(10)22-6-11(12)13(20)26/h3-4,6,9H,1-2,5,7-8H2,(H2,20,26)(H,23,27)(H2,21,22,24). The van der Waals surface area contributed by atoms with Gasteiger partial charge >= 0.3 is 6.18 Å². The molecule has 0 radical (unpaired) electrons. The van der Waals surface area contributed by atoms with Gasteiger partial charge in [-0.2, -0.15) is 13.2 Å². The van der Waals surface area contributed by atoms with Gasteiger partial charge in [0.1, 0.15) is 12.2 Å². The van der Waals surface area contributed by atoms with Crippen LogP contribution in [0.15, 0.2) is 18.5 Å². The van der Waals surface area contributed by atoms with Crippen LogP contribution in [0.5, 0.6) is 0 Å². The third kappa shape index (κ3) is 4.48. The lowest BCUT2D eigenvalue weighted by Gasteiger charge is -2.33. The summed E-state index contributed by atoms with van der Waals surface area (Å²) >= 11 is 0. The summed E-state index contributed by atoms with van der Waals surface area (Å²) in [5.74, 6) is -1.89. The van der Waals surface area contributed by atoms with E-state index >= 15 is 0 Å². The number of halogens is 3. The van der Waals surface area contributed by atoms with Crippen molar-refractivity contribution >= 4 is 28.5 Å². The van der Waals surface area contributed by atoms with E-state index in [1.165, 1.54) is 6.20 Å². The van der Waals surface area contributed by atoms with Crippen molar-refractivity contribution in [1.29, 1.82) is 0 Å². The molecule has 5 N–H and O–H groups in total. The first-order chi connectivity index (χ1) is 12.7. The van der Waals surface area contributed by atoms with Crippen LogP contribution in [-0.4, -0.2) is 52.6 Å². The number of carbonyl (C=O) groups is 2. The van der Waals surface area contributed by atoms with Gasteiger partial charge in [0, 0.05) is 30.9 Å². The number of nitrogens with one attached hydrogen (secondary N) is 3. The van der Waals surface area contributed by atoms with Crippen LogP contribution >= 0.6 is 0 Å². The van der Waals surface area contributed by atoms with E-state index in [0.29, 0.717) is 36.1 Å². The zero-order chi connectivity index (χ0) is 19.6. The topological polar surface area (TPSA) is 116 Å². The fraction of sp³-hybridized carbons (Fsp3) is 0.438. The maximum absolute atomic E-state index is 12.3. The molecule has 2 amide bonds. The largest absolute Gasteiger partial charge is 0.405 e. The molecule has 27 heavy (non-hydrogen) atoms. The van der Waals surface area contributed by atoms with E-state index in [0.717, 1.165) is 0 Å². The first-order valence-corrected chi connectivity index (χ1v) is 8.36. The van der Waals surface area contributed by atoms with Crippen molar-refractivity contribution in [2.45, 2.75) is 19.0 Å². The molecule has 0 aliphatic carbocycles. The molecular formula is C16H19F3N6O2. The average molecular weight is 384 g/mol. The minimum absolute atomic E-state index is 0.186. The van der Waals surface area contributed by atoms with Gasteiger partial charge in [-0.25, -0.2) is 9.99 Å². The summed E-state index contributed by atoms with van der Waals surface area (Å²) in [4.78, 5) is 30.8. The Hall–Kier alpha value is -2.82. The predicted octanol–water partition coefficient (Wildman–Crippen LogP) is 1.38. The Labute approximate surface area is 152 Å². The maximum atomic E-state index is 12.3. The number of alkyl halides is 3. The lowest BCUT2D eigenvalue weighted by atomic mass is 9.98. The number of fused-ring (bicyclic) bond motifs is 1. The van der Waals surface area contributed by atoms with Crippen LogP contribution in [0, 0.1) is 5.92 Å². The number of aromatic amines is 1. The number of nitrogens with two attached hydrogens (primary N) is 1. The number of aromatic nitrogens is 2. The summed E-state index contributed by atoms with van der Waals surface area (Å²) in [6, 6.07) is 1.73. The van der Waals surface area contributed by atoms with E-state index in [1.807, 2.05) is 5.32 Å². The van der Waals surface area contributed by atoms with Crippen LogP contribution in [0.3, 0.4) is 0 Å². The van der Waals surface area contributed by atoms with Crippen molar-refractivity contribution in [3.05, 3.63) is 24.0 Å². The van der Waals surface area contributed by atoms with Gasteiger partial charge in [0.15, 0.2) is 0 Å². The van der Waals surface area contributed by atoms with Crippen LogP contribution < -0.4 is 16.5 Å². The highest BCUT2D eigenvalue weighted by atomic mass is 19.4. The van der Waals surface area contributed by atoms with Gasteiger partial charge in [0.25, 0.3) is 5.91 Å². The molecule has 0 saturated carbocycles. The second-order valence-corrected chi connectivity index (χ2v) is 6.38. The Morgan fingerprint density at radius 2 is 2.19 bits per heavy atom. The highest BCUT2D eigenvalue weighted by Crippen LogP contribution is 2.27. The van der Waals surface area contributed by atoms with E-state index in [2.05, 4.69) is 15.4 Å². The molecule has 0 spiro atoms. The molecule has 0 bridgehead atoms. The Bertz CT molecular complexity index is 850. The smallest absolute Gasteiger partial charge is 0.365 e. The predicted molar refractivity (Wildman–Crippen MR) is 91.6 cm³/mol. The highest BCUT2D eigenvalue weighted by Gasteiger charge is 2.31.